The third kappa shape index (κ3) is 9.39. The Kier molecular flexibility index (Phi) is 13.2. The molecule has 0 N–H and O–H groups in total. The highest BCUT2D eigenvalue weighted by Crippen LogP contribution is 2.80. The van der Waals surface area contributed by atoms with Crippen LogP contribution in [0.3, 0.4) is 0 Å². The molecule has 10 heteroatoms. The van der Waals surface area contributed by atoms with Crippen LogP contribution in [0.1, 0.15) is 55.4 Å². The van der Waals surface area contributed by atoms with Gasteiger partial charge in [0.15, 0.2) is 0 Å². The Morgan fingerprint density at radius 3 is 0.588 bits per heavy atom. The summed E-state index contributed by atoms with van der Waals surface area (Å²) in [7, 11) is -7.43. The van der Waals surface area contributed by atoms with Crippen LogP contribution in [0.15, 0.2) is 0 Å². The van der Waals surface area contributed by atoms with Crippen LogP contribution in [0.4, 0.5) is 0 Å². The Labute approximate surface area is 223 Å². The zero-order valence-electron chi connectivity index (χ0n) is 27.0. The maximum absolute atomic E-state index is 3.23. The van der Waals surface area contributed by atoms with Gasteiger partial charge in [-0.05, 0) is 55.4 Å². The molecule has 0 fully saturated rings. The van der Waals surface area contributed by atoms with Crippen LogP contribution in [-0.4, -0.2) is 74.5 Å². The average molecular weight is 583 g/mol. The van der Waals surface area contributed by atoms with Crippen molar-refractivity contribution in [2.45, 2.75) is 158 Å². The van der Waals surface area contributed by atoms with Crippen molar-refractivity contribution < 1.29 is 0 Å². The van der Waals surface area contributed by atoms with Gasteiger partial charge >= 0.3 is 0 Å². The molecule has 0 bridgehead atoms. The molecule has 206 valence electrons. The third-order valence-electron chi connectivity index (χ3n) is 5.59. The van der Waals surface area contributed by atoms with Crippen LogP contribution in [0.2, 0.25) is 78.6 Å². The minimum absolute atomic E-state index is 0.502. The SMILES string of the molecule is CC(C)N(C(C)C)P(N([Si](C)(C)C)[Si](C)(C)C)P(N(C(C)C)C(C)C)N([Si](C)(C)C)[Si](C)(C)C. The summed E-state index contributed by atoms with van der Waals surface area (Å²) in [4.78, 5) is 0. The van der Waals surface area contributed by atoms with Gasteiger partial charge in [0.25, 0.3) is 0 Å². The first kappa shape index (κ1) is 35.6. The summed E-state index contributed by atoms with van der Waals surface area (Å²) in [6.45, 7) is 51.1. The number of hydrogen-bond donors (Lipinski definition) is 0. The van der Waals surface area contributed by atoms with E-state index in [2.05, 4.69) is 151 Å². The number of rotatable bonds is 13. The van der Waals surface area contributed by atoms with Crippen molar-refractivity contribution in [2.24, 2.45) is 0 Å². The molecule has 0 aromatic heterocycles. The molecule has 2 atom stereocenters. The van der Waals surface area contributed by atoms with Gasteiger partial charge in [0.05, 0.1) is 15.8 Å². The van der Waals surface area contributed by atoms with Crippen LogP contribution >= 0.6 is 15.8 Å². The van der Waals surface area contributed by atoms with E-state index in [0.717, 1.165) is 0 Å². The van der Waals surface area contributed by atoms with Gasteiger partial charge in [0, 0.05) is 24.2 Å². The lowest BCUT2D eigenvalue weighted by atomic mass is 10.3. The van der Waals surface area contributed by atoms with Crippen LogP contribution in [0.5, 0.6) is 0 Å². The highest BCUT2D eigenvalue weighted by Gasteiger charge is 2.54. The predicted octanol–water partition coefficient (Wildman–Crippen LogP) is 9.71. The summed E-state index contributed by atoms with van der Waals surface area (Å²) in [6, 6.07) is 2.16. The summed E-state index contributed by atoms with van der Waals surface area (Å²) < 4.78 is 12.4. The van der Waals surface area contributed by atoms with Crippen molar-refractivity contribution in [1.29, 1.82) is 0 Å². The molecule has 0 aliphatic heterocycles. The number of nitrogens with zero attached hydrogens (tertiary/aromatic N) is 4. The highest BCUT2D eigenvalue weighted by atomic mass is 32.1. The van der Waals surface area contributed by atoms with Gasteiger partial charge in [-0.25, -0.2) is 0 Å². The fraction of sp³-hybridized carbons (Fsp3) is 1.00. The van der Waals surface area contributed by atoms with Crippen LogP contribution in [0.25, 0.3) is 0 Å². The average Bonchev–Trinajstić information content (AvgIpc) is 2.46. The molecule has 0 radical (unpaired) electrons. The number of hydrogen-bond acceptors (Lipinski definition) is 4. The molecule has 0 aromatic carbocycles. The Morgan fingerprint density at radius 2 is 0.500 bits per heavy atom. The minimum Gasteiger partial charge on any atom is -0.307 e. The van der Waals surface area contributed by atoms with Crippen molar-refractivity contribution in [3.05, 3.63) is 0 Å². The second-order valence-electron chi connectivity index (χ2n) is 15.0. The van der Waals surface area contributed by atoms with Crippen molar-refractivity contribution in [3.8, 4) is 0 Å². The van der Waals surface area contributed by atoms with Gasteiger partial charge in [0.1, 0.15) is 32.9 Å². The topological polar surface area (TPSA) is 13.0 Å². The Morgan fingerprint density at radius 1 is 0.353 bits per heavy atom. The molecule has 2 unspecified atom stereocenters. The van der Waals surface area contributed by atoms with Crippen LogP contribution in [-0.2, 0) is 0 Å². The lowest BCUT2D eigenvalue weighted by molar-refractivity contribution is 0.306. The van der Waals surface area contributed by atoms with Crippen molar-refractivity contribution in [3.63, 3.8) is 0 Å². The van der Waals surface area contributed by atoms with Crippen LogP contribution < -0.4 is 0 Å². The maximum Gasteiger partial charge on any atom is 0.117 e. The molecule has 0 aliphatic rings. The van der Waals surface area contributed by atoms with Gasteiger partial charge in [-0.3, -0.25) is 9.34 Å². The maximum atomic E-state index is 3.23. The quantitative estimate of drug-likeness (QED) is 0.158. The van der Waals surface area contributed by atoms with Crippen molar-refractivity contribution in [1.82, 2.24) is 17.3 Å². The Bertz CT molecular complexity index is 522. The van der Waals surface area contributed by atoms with Crippen molar-refractivity contribution >= 4 is 48.8 Å². The summed E-state index contributed by atoms with van der Waals surface area (Å²) in [6.07, 6.45) is 0. The van der Waals surface area contributed by atoms with E-state index in [1.54, 1.807) is 0 Å². The lowest BCUT2D eigenvalue weighted by Gasteiger charge is -2.63. The standard InChI is InChI=1S/C24H64N4P2Si4/c1-21(2)25(22(3)4)29(27(31(9,10)11)32(12,13)14)30(26(23(5)6)24(7)8)28(33(15,16)17)34(18,19)20/h21-24H,1-20H3. The van der Waals surface area contributed by atoms with E-state index in [9.17, 15) is 0 Å². The lowest BCUT2D eigenvalue weighted by Crippen LogP contribution is -2.62. The molecule has 0 heterocycles. The van der Waals surface area contributed by atoms with Crippen LogP contribution in [0, 0.1) is 0 Å². The summed E-state index contributed by atoms with van der Waals surface area (Å²) >= 11 is 0. The molecular weight excluding hydrogens is 519 g/mol. The summed E-state index contributed by atoms with van der Waals surface area (Å²) in [5, 5.41) is 0. The van der Waals surface area contributed by atoms with E-state index in [1.165, 1.54) is 0 Å². The van der Waals surface area contributed by atoms with Crippen molar-refractivity contribution in [2.75, 3.05) is 0 Å². The summed E-state index contributed by atoms with van der Waals surface area (Å²) in [5.41, 5.74) is 0. The third-order valence-corrected chi connectivity index (χ3v) is 37.2. The van der Waals surface area contributed by atoms with E-state index in [4.69, 9.17) is 0 Å². The van der Waals surface area contributed by atoms with E-state index in [-0.39, 0.29) is 0 Å². The molecule has 0 aromatic rings. The second kappa shape index (κ2) is 12.6. The monoisotopic (exact) mass is 582 g/mol. The zero-order valence-corrected chi connectivity index (χ0v) is 32.8. The fourth-order valence-corrected chi connectivity index (χ4v) is 51.4. The second-order valence-corrected chi connectivity index (χ2v) is 41.5. The van der Waals surface area contributed by atoms with Gasteiger partial charge < -0.3 is 8.00 Å². The smallest absolute Gasteiger partial charge is 0.117 e. The van der Waals surface area contributed by atoms with Gasteiger partial charge in [-0.15, -0.1) is 0 Å². The first-order valence-corrected chi connectivity index (χ1v) is 30.5. The first-order valence-electron chi connectivity index (χ1n) is 13.5. The molecule has 4 nitrogen and oxygen atoms in total. The Hall–Kier alpha value is 1.57. The Balaban J connectivity index is 7.87. The predicted molar refractivity (Wildman–Crippen MR) is 175 cm³/mol. The molecule has 34 heavy (non-hydrogen) atoms. The molecule has 0 spiro atoms. The minimum atomic E-state index is -1.61. The summed E-state index contributed by atoms with van der Waals surface area (Å²) in [5.74, 6) is 0. The van der Waals surface area contributed by atoms with E-state index < -0.39 is 48.8 Å². The van der Waals surface area contributed by atoms with E-state index in [1.807, 2.05) is 0 Å². The largest absolute Gasteiger partial charge is 0.307 e. The fourth-order valence-electron chi connectivity index (χ4n) is 5.66. The molecule has 0 rings (SSSR count). The van der Waals surface area contributed by atoms with E-state index in [0.29, 0.717) is 24.2 Å². The first-order chi connectivity index (χ1) is 14.8. The van der Waals surface area contributed by atoms with Gasteiger partial charge in [0.2, 0.25) is 0 Å². The van der Waals surface area contributed by atoms with Gasteiger partial charge in [-0.2, -0.15) is 0 Å². The van der Waals surface area contributed by atoms with E-state index >= 15 is 0 Å². The zero-order chi connectivity index (χ0) is 27.8. The molecule has 0 saturated heterocycles. The molecule has 0 saturated carbocycles. The molecule has 0 aliphatic carbocycles. The van der Waals surface area contributed by atoms with Gasteiger partial charge in [-0.1, -0.05) is 78.6 Å². The highest BCUT2D eigenvalue weighted by molar-refractivity contribution is 8.27. The molecular formula is C24H64N4P2Si4. The normalized spacial score (nSPS) is 16.9. The molecule has 0 amide bonds.